The molecule has 0 atom stereocenters. The first-order valence-corrected chi connectivity index (χ1v) is 5.86. The van der Waals surface area contributed by atoms with Crippen LogP contribution in [0.15, 0.2) is 48.8 Å². The van der Waals surface area contributed by atoms with Crippen molar-refractivity contribution in [2.24, 2.45) is 5.73 Å². The third-order valence-corrected chi connectivity index (χ3v) is 2.89. The molecule has 0 saturated heterocycles. The van der Waals surface area contributed by atoms with Gasteiger partial charge >= 0.3 is 0 Å². The SMILES string of the molecule is NC(=S)c1cccn1-c1cnc2ccccc2n1. The molecule has 0 unspecified atom stereocenters. The number of benzene rings is 1. The topological polar surface area (TPSA) is 56.7 Å². The van der Waals surface area contributed by atoms with E-state index in [-0.39, 0.29) is 0 Å². The fourth-order valence-corrected chi connectivity index (χ4v) is 2.01. The van der Waals surface area contributed by atoms with Gasteiger partial charge in [0.05, 0.1) is 22.9 Å². The van der Waals surface area contributed by atoms with Crippen molar-refractivity contribution in [3.63, 3.8) is 0 Å². The van der Waals surface area contributed by atoms with Crippen LogP contribution in [-0.4, -0.2) is 19.5 Å². The zero-order valence-corrected chi connectivity index (χ0v) is 10.3. The third kappa shape index (κ3) is 1.74. The van der Waals surface area contributed by atoms with Crippen LogP contribution in [0.5, 0.6) is 0 Å². The number of hydrogen-bond donors (Lipinski definition) is 1. The lowest BCUT2D eigenvalue weighted by molar-refractivity contribution is 0.994. The summed E-state index contributed by atoms with van der Waals surface area (Å²) in [6, 6.07) is 11.5. The summed E-state index contributed by atoms with van der Waals surface area (Å²) in [5, 5.41) is 0. The Kier molecular flexibility index (Phi) is 2.53. The molecule has 3 aromatic rings. The predicted octanol–water partition coefficient (Wildman–Crippen LogP) is 2.05. The summed E-state index contributed by atoms with van der Waals surface area (Å²) in [6.07, 6.45) is 3.58. The lowest BCUT2D eigenvalue weighted by atomic mass is 10.3. The van der Waals surface area contributed by atoms with E-state index in [1.54, 1.807) is 6.20 Å². The molecule has 0 bridgehead atoms. The van der Waals surface area contributed by atoms with Crippen LogP contribution in [0.2, 0.25) is 0 Å². The van der Waals surface area contributed by atoms with E-state index in [1.165, 1.54) is 0 Å². The molecule has 1 aromatic carbocycles. The number of nitrogens with two attached hydrogens (primary N) is 1. The Balaban J connectivity index is 2.19. The molecular weight excluding hydrogens is 244 g/mol. The van der Waals surface area contributed by atoms with Crippen molar-refractivity contribution >= 4 is 28.2 Å². The Bertz CT molecular complexity index is 732. The minimum Gasteiger partial charge on any atom is -0.388 e. The maximum absolute atomic E-state index is 5.67. The highest BCUT2D eigenvalue weighted by Crippen LogP contribution is 2.14. The average molecular weight is 254 g/mol. The molecule has 2 aromatic heterocycles. The van der Waals surface area contributed by atoms with E-state index in [9.17, 15) is 0 Å². The van der Waals surface area contributed by atoms with E-state index >= 15 is 0 Å². The Labute approximate surface area is 109 Å². The van der Waals surface area contributed by atoms with Crippen LogP contribution in [0.1, 0.15) is 5.69 Å². The Morgan fingerprint density at radius 3 is 2.67 bits per heavy atom. The van der Waals surface area contributed by atoms with Crippen molar-refractivity contribution in [1.82, 2.24) is 14.5 Å². The molecule has 0 radical (unpaired) electrons. The zero-order valence-electron chi connectivity index (χ0n) is 9.45. The highest BCUT2D eigenvalue weighted by Gasteiger charge is 2.07. The van der Waals surface area contributed by atoms with E-state index in [4.69, 9.17) is 18.0 Å². The van der Waals surface area contributed by atoms with Gasteiger partial charge in [0.2, 0.25) is 0 Å². The van der Waals surface area contributed by atoms with Gasteiger partial charge in [-0.2, -0.15) is 0 Å². The van der Waals surface area contributed by atoms with Gasteiger partial charge in [-0.3, -0.25) is 9.55 Å². The highest BCUT2D eigenvalue weighted by atomic mass is 32.1. The molecule has 5 heteroatoms. The molecule has 2 N–H and O–H groups in total. The lowest BCUT2D eigenvalue weighted by Gasteiger charge is -2.07. The van der Waals surface area contributed by atoms with E-state index in [2.05, 4.69) is 9.97 Å². The maximum atomic E-state index is 5.67. The molecule has 0 spiro atoms. The fourth-order valence-electron chi connectivity index (χ4n) is 1.84. The smallest absolute Gasteiger partial charge is 0.156 e. The normalized spacial score (nSPS) is 10.7. The van der Waals surface area contributed by atoms with Gasteiger partial charge in [0, 0.05) is 6.20 Å². The van der Waals surface area contributed by atoms with Crippen LogP contribution in [-0.2, 0) is 0 Å². The Morgan fingerprint density at radius 1 is 1.11 bits per heavy atom. The number of aromatic nitrogens is 3. The van der Waals surface area contributed by atoms with Crippen molar-refractivity contribution in [3.05, 3.63) is 54.5 Å². The first-order valence-electron chi connectivity index (χ1n) is 5.45. The van der Waals surface area contributed by atoms with Crippen molar-refractivity contribution < 1.29 is 0 Å². The van der Waals surface area contributed by atoms with E-state index in [0.29, 0.717) is 10.8 Å². The molecule has 18 heavy (non-hydrogen) atoms. The molecule has 88 valence electrons. The minimum atomic E-state index is 0.343. The van der Waals surface area contributed by atoms with Crippen LogP contribution < -0.4 is 5.73 Å². The second-order valence-corrected chi connectivity index (χ2v) is 4.28. The number of hydrogen-bond acceptors (Lipinski definition) is 3. The molecule has 0 saturated carbocycles. The van der Waals surface area contributed by atoms with Crippen LogP contribution in [0.3, 0.4) is 0 Å². The van der Waals surface area contributed by atoms with Gasteiger partial charge < -0.3 is 5.73 Å². The van der Waals surface area contributed by atoms with Crippen LogP contribution in [0.4, 0.5) is 0 Å². The summed E-state index contributed by atoms with van der Waals surface area (Å²) in [5.74, 6) is 0.710. The summed E-state index contributed by atoms with van der Waals surface area (Å²) in [4.78, 5) is 9.26. The second kappa shape index (κ2) is 4.19. The Morgan fingerprint density at radius 2 is 1.89 bits per heavy atom. The summed E-state index contributed by atoms with van der Waals surface area (Å²) in [5.41, 5.74) is 8.14. The van der Waals surface area contributed by atoms with Gasteiger partial charge in [0.25, 0.3) is 0 Å². The molecule has 0 aliphatic heterocycles. The molecular formula is C13H10N4S. The average Bonchev–Trinajstić information content (AvgIpc) is 2.87. The number of para-hydroxylation sites is 2. The number of fused-ring (bicyclic) bond motifs is 1. The first-order chi connectivity index (χ1) is 8.75. The standard InChI is InChI=1S/C13H10N4S/c14-13(18)11-6-3-7-17(11)12-8-15-9-4-1-2-5-10(9)16-12/h1-8H,(H2,14,18). The fraction of sp³-hybridized carbons (Fsp3) is 0. The largest absolute Gasteiger partial charge is 0.388 e. The van der Waals surface area contributed by atoms with Gasteiger partial charge in [-0.05, 0) is 24.3 Å². The Hall–Kier alpha value is -2.27. The van der Waals surface area contributed by atoms with E-state index in [1.807, 2.05) is 47.2 Å². The highest BCUT2D eigenvalue weighted by molar-refractivity contribution is 7.80. The quantitative estimate of drug-likeness (QED) is 0.711. The van der Waals surface area contributed by atoms with Gasteiger partial charge in [-0.15, -0.1) is 0 Å². The van der Waals surface area contributed by atoms with Crippen LogP contribution >= 0.6 is 12.2 Å². The molecule has 0 fully saturated rings. The minimum absolute atomic E-state index is 0.343. The maximum Gasteiger partial charge on any atom is 0.156 e. The van der Waals surface area contributed by atoms with Crippen molar-refractivity contribution in [2.45, 2.75) is 0 Å². The van der Waals surface area contributed by atoms with Gasteiger partial charge in [0.1, 0.15) is 4.99 Å². The summed E-state index contributed by atoms with van der Waals surface area (Å²) < 4.78 is 1.84. The molecule has 0 aliphatic rings. The molecule has 4 nitrogen and oxygen atoms in total. The van der Waals surface area contributed by atoms with E-state index in [0.717, 1.165) is 16.7 Å². The summed E-state index contributed by atoms with van der Waals surface area (Å²) in [7, 11) is 0. The van der Waals surface area contributed by atoms with Gasteiger partial charge in [0.15, 0.2) is 5.82 Å². The van der Waals surface area contributed by atoms with Crippen LogP contribution in [0, 0.1) is 0 Å². The second-order valence-electron chi connectivity index (χ2n) is 3.84. The van der Waals surface area contributed by atoms with Crippen molar-refractivity contribution in [2.75, 3.05) is 0 Å². The first kappa shape index (κ1) is 10.9. The van der Waals surface area contributed by atoms with E-state index < -0.39 is 0 Å². The molecule has 0 amide bonds. The number of rotatable bonds is 2. The lowest BCUT2D eigenvalue weighted by Crippen LogP contribution is -2.15. The number of thiocarbonyl (C=S) groups is 1. The van der Waals surface area contributed by atoms with Crippen molar-refractivity contribution in [3.8, 4) is 5.82 Å². The van der Waals surface area contributed by atoms with Gasteiger partial charge in [-0.25, -0.2) is 4.98 Å². The van der Waals surface area contributed by atoms with Crippen LogP contribution in [0.25, 0.3) is 16.9 Å². The molecule has 3 rings (SSSR count). The predicted molar refractivity (Wildman–Crippen MR) is 74.8 cm³/mol. The van der Waals surface area contributed by atoms with Crippen molar-refractivity contribution in [1.29, 1.82) is 0 Å². The zero-order chi connectivity index (χ0) is 12.5. The third-order valence-electron chi connectivity index (χ3n) is 2.68. The molecule has 2 heterocycles. The number of nitrogens with zero attached hydrogens (tertiary/aromatic N) is 3. The van der Waals surface area contributed by atoms with Gasteiger partial charge in [-0.1, -0.05) is 24.4 Å². The monoisotopic (exact) mass is 254 g/mol. The molecule has 0 aliphatic carbocycles. The summed E-state index contributed by atoms with van der Waals surface area (Å²) in [6.45, 7) is 0. The summed E-state index contributed by atoms with van der Waals surface area (Å²) >= 11 is 5.01.